The standard InChI is InChI=1S/C27H24ClN3O2/c1-15(2)14-31-21-12-20(29-17-10-8-16(3)9-11-17)23-24(25(21)30-22(31)13-28)27(33)19-7-5-4-6-18(19)26(23)32/h4-12,15,29H,13-14H2,1-3H3. The lowest BCUT2D eigenvalue weighted by molar-refractivity contribution is 0.0981. The van der Waals surface area contributed by atoms with E-state index >= 15 is 0 Å². The quantitative estimate of drug-likeness (QED) is 0.316. The van der Waals surface area contributed by atoms with Gasteiger partial charge in [-0.05, 0) is 31.0 Å². The largest absolute Gasteiger partial charge is 0.355 e. The van der Waals surface area contributed by atoms with Crippen molar-refractivity contribution in [2.75, 3.05) is 5.32 Å². The zero-order valence-electron chi connectivity index (χ0n) is 18.8. The van der Waals surface area contributed by atoms with Crippen LogP contribution in [0.4, 0.5) is 11.4 Å². The Morgan fingerprint density at radius 1 is 0.970 bits per heavy atom. The molecule has 0 bridgehead atoms. The number of anilines is 2. The smallest absolute Gasteiger partial charge is 0.196 e. The minimum Gasteiger partial charge on any atom is -0.355 e. The topological polar surface area (TPSA) is 64.0 Å². The number of alkyl halides is 1. The average molecular weight is 458 g/mol. The molecule has 1 aliphatic carbocycles. The van der Waals surface area contributed by atoms with E-state index in [0.717, 1.165) is 16.8 Å². The number of aromatic nitrogens is 2. The van der Waals surface area contributed by atoms with E-state index in [1.807, 2.05) is 37.3 Å². The van der Waals surface area contributed by atoms with Gasteiger partial charge in [0, 0.05) is 23.4 Å². The molecule has 5 nitrogen and oxygen atoms in total. The third-order valence-electron chi connectivity index (χ3n) is 5.99. The second-order valence-corrected chi connectivity index (χ2v) is 9.17. The number of carbonyl (C=O) groups is 2. The van der Waals surface area contributed by atoms with Crippen LogP contribution in [-0.2, 0) is 12.4 Å². The molecule has 0 saturated heterocycles. The van der Waals surface area contributed by atoms with Crippen LogP contribution in [0, 0.1) is 12.8 Å². The normalized spacial score (nSPS) is 12.9. The summed E-state index contributed by atoms with van der Waals surface area (Å²) in [4.78, 5) is 32.1. The van der Waals surface area contributed by atoms with Crippen molar-refractivity contribution in [3.05, 3.63) is 88.2 Å². The molecule has 1 aromatic heterocycles. The van der Waals surface area contributed by atoms with Crippen molar-refractivity contribution in [1.29, 1.82) is 0 Å². The summed E-state index contributed by atoms with van der Waals surface area (Å²) in [5.74, 6) is 0.895. The molecule has 1 heterocycles. The molecule has 1 N–H and O–H groups in total. The highest BCUT2D eigenvalue weighted by Crippen LogP contribution is 2.39. The minimum atomic E-state index is -0.187. The first-order chi connectivity index (χ1) is 15.9. The molecule has 0 spiro atoms. The highest BCUT2D eigenvalue weighted by Gasteiger charge is 2.35. The van der Waals surface area contributed by atoms with Crippen LogP contribution in [0.15, 0.2) is 54.6 Å². The lowest BCUT2D eigenvalue weighted by atomic mass is 9.82. The van der Waals surface area contributed by atoms with Gasteiger partial charge in [-0.15, -0.1) is 11.6 Å². The zero-order valence-corrected chi connectivity index (χ0v) is 19.5. The van der Waals surface area contributed by atoms with Gasteiger partial charge in [0.25, 0.3) is 0 Å². The summed E-state index contributed by atoms with van der Waals surface area (Å²) >= 11 is 6.25. The van der Waals surface area contributed by atoms with Gasteiger partial charge in [0.1, 0.15) is 11.3 Å². The number of benzene rings is 3. The maximum Gasteiger partial charge on any atom is 0.196 e. The monoisotopic (exact) mass is 457 g/mol. The first-order valence-corrected chi connectivity index (χ1v) is 11.6. The number of ketones is 2. The Morgan fingerprint density at radius 3 is 2.21 bits per heavy atom. The van der Waals surface area contributed by atoms with E-state index in [0.29, 0.717) is 51.7 Å². The van der Waals surface area contributed by atoms with E-state index in [1.54, 1.807) is 24.3 Å². The van der Waals surface area contributed by atoms with Crippen molar-refractivity contribution in [1.82, 2.24) is 9.55 Å². The van der Waals surface area contributed by atoms with Gasteiger partial charge < -0.3 is 9.88 Å². The summed E-state index contributed by atoms with van der Waals surface area (Å²) in [6.45, 7) is 6.98. The van der Waals surface area contributed by atoms with E-state index in [1.165, 1.54) is 0 Å². The molecule has 0 amide bonds. The number of aryl methyl sites for hydroxylation is 1. The molecule has 0 atom stereocenters. The van der Waals surface area contributed by atoms with Crippen molar-refractivity contribution < 1.29 is 9.59 Å². The van der Waals surface area contributed by atoms with Crippen molar-refractivity contribution >= 4 is 45.6 Å². The molecule has 0 radical (unpaired) electrons. The van der Waals surface area contributed by atoms with E-state index in [4.69, 9.17) is 16.6 Å². The number of fused-ring (bicyclic) bond motifs is 4. The fraction of sp³-hybridized carbons (Fsp3) is 0.222. The fourth-order valence-corrected chi connectivity index (χ4v) is 4.68. The molecular weight excluding hydrogens is 434 g/mol. The van der Waals surface area contributed by atoms with Crippen molar-refractivity contribution in [3.8, 4) is 0 Å². The number of rotatable bonds is 5. The Hall–Kier alpha value is -3.44. The maximum atomic E-state index is 13.7. The molecule has 3 aromatic carbocycles. The molecule has 0 unspecified atom stereocenters. The van der Waals surface area contributed by atoms with Crippen molar-refractivity contribution in [2.24, 2.45) is 5.92 Å². The van der Waals surface area contributed by atoms with Gasteiger partial charge in [-0.1, -0.05) is 55.8 Å². The number of halogens is 1. The Bertz CT molecular complexity index is 1420. The van der Waals surface area contributed by atoms with Crippen LogP contribution in [0.25, 0.3) is 11.0 Å². The lowest BCUT2D eigenvalue weighted by Crippen LogP contribution is -2.22. The van der Waals surface area contributed by atoms with E-state index in [2.05, 4.69) is 23.7 Å². The molecule has 166 valence electrons. The fourth-order valence-electron chi connectivity index (χ4n) is 4.47. The van der Waals surface area contributed by atoms with Crippen LogP contribution in [0.1, 0.15) is 57.1 Å². The molecule has 6 heteroatoms. The zero-order chi connectivity index (χ0) is 23.3. The minimum absolute atomic E-state index is 0.178. The predicted octanol–water partition coefficient (Wildman–Crippen LogP) is 6.26. The van der Waals surface area contributed by atoms with Crippen LogP contribution in [0.2, 0.25) is 0 Å². The molecule has 5 rings (SSSR count). The number of nitrogens with zero attached hydrogens (tertiary/aromatic N) is 2. The van der Waals surface area contributed by atoms with Gasteiger partial charge >= 0.3 is 0 Å². The van der Waals surface area contributed by atoms with Gasteiger partial charge in [0.05, 0.1) is 28.2 Å². The summed E-state index contributed by atoms with van der Waals surface area (Å²) < 4.78 is 2.06. The second kappa shape index (κ2) is 8.16. The first kappa shape index (κ1) is 21.4. The van der Waals surface area contributed by atoms with Crippen LogP contribution in [-0.4, -0.2) is 21.1 Å². The van der Waals surface area contributed by atoms with Crippen LogP contribution in [0.5, 0.6) is 0 Å². The summed E-state index contributed by atoms with van der Waals surface area (Å²) in [6.07, 6.45) is 0. The van der Waals surface area contributed by atoms with E-state index in [9.17, 15) is 9.59 Å². The highest BCUT2D eigenvalue weighted by molar-refractivity contribution is 6.33. The lowest BCUT2D eigenvalue weighted by Gasteiger charge is -2.22. The first-order valence-electron chi connectivity index (χ1n) is 11.0. The van der Waals surface area contributed by atoms with Crippen LogP contribution >= 0.6 is 11.6 Å². The molecular formula is C27H24ClN3O2. The second-order valence-electron chi connectivity index (χ2n) is 8.90. The number of imidazole rings is 1. The molecule has 0 aliphatic heterocycles. The molecule has 0 fully saturated rings. The van der Waals surface area contributed by atoms with Gasteiger partial charge in [0.2, 0.25) is 0 Å². The molecule has 0 saturated carbocycles. The SMILES string of the molecule is Cc1ccc(Nc2cc3c(nc(CCl)n3CC(C)C)c3c2C(=O)c2ccccc2C3=O)cc1. The Kier molecular flexibility index (Phi) is 5.29. The maximum absolute atomic E-state index is 13.7. The predicted molar refractivity (Wildman–Crippen MR) is 132 cm³/mol. The van der Waals surface area contributed by atoms with Crippen LogP contribution in [0.3, 0.4) is 0 Å². The Morgan fingerprint density at radius 2 is 1.61 bits per heavy atom. The number of carbonyl (C=O) groups excluding carboxylic acids is 2. The Labute approximate surface area is 197 Å². The summed E-state index contributed by atoms with van der Waals surface area (Å²) in [7, 11) is 0. The summed E-state index contributed by atoms with van der Waals surface area (Å²) in [6, 6.07) is 16.8. The van der Waals surface area contributed by atoms with Gasteiger partial charge in [0.15, 0.2) is 11.6 Å². The van der Waals surface area contributed by atoms with Gasteiger partial charge in [-0.2, -0.15) is 0 Å². The third-order valence-corrected chi connectivity index (χ3v) is 6.23. The number of nitrogens with one attached hydrogen (secondary N) is 1. The van der Waals surface area contributed by atoms with Crippen molar-refractivity contribution in [2.45, 2.75) is 33.2 Å². The van der Waals surface area contributed by atoms with Gasteiger partial charge in [-0.3, -0.25) is 9.59 Å². The summed E-state index contributed by atoms with van der Waals surface area (Å²) in [5.41, 5.74) is 5.45. The number of hydrogen-bond acceptors (Lipinski definition) is 4. The molecule has 1 aliphatic rings. The Balaban J connectivity index is 1.82. The molecule has 33 heavy (non-hydrogen) atoms. The summed E-state index contributed by atoms with van der Waals surface area (Å²) in [5, 5.41) is 3.39. The van der Waals surface area contributed by atoms with E-state index in [-0.39, 0.29) is 17.4 Å². The average Bonchev–Trinajstić information content (AvgIpc) is 3.14. The van der Waals surface area contributed by atoms with Crippen molar-refractivity contribution in [3.63, 3.8) is 0 Å². The highest BCUT2D eigenvalue weighted by atomic mass is 35.5. The van der Waals surface area contributed by atoms with E-state index < -0.39 is 0 Å². The van der Waals surface area contributed by atoms with Gasteiger partial charge in [-0.25, -0.2) is 4.98 Å². The third kappa shape index (κ3) is 3.53. The van der Waals surface area contributed by atoms with Crippen LogP contribution < -0.4 is 5.32 Å². The molecule has 4 aromatic rings. The number of hydrogen-bond donors (Lipinski definition) is 1.